The predicted molar refractivity (Wildman–Crippen MR) is 61.1 cm³/mol. The van der Waals surface area contributed by atoms with Gasteiger partial charge in [0.1, 0.15) is 11.7 Å². The van der Waals surface area contributed by atoms with E-state index in [9.17, 15) is 9.59 Å². The van der Waals surface area contributed by atoms with Crippen molar-refractivity contribution in [2.45, 2.75) is 13.0 Å². The highest BCUT2D eigenvalue weighted by molar-refractivity contribution is 5.88. The van der Waals surface area contributed by atoms with Gasteiger partial charge in [-0.2, -0.15) is 0 Å². The number of nitrogens with zero attached hydrogens (tertiary/aromatic N) is 2. The minimum absolute atomic E-state index is 0.148. The Morgan fingerprint density at radius 1 is 1.53 bits per heavy atom. The highest BCUT2D eigenvalue weighted by Crippen LogP contribution is 2.16. The number of carboxylic acids is 1. The maximum Gasteiger partial charge on any atom is 0.356 e. The molecule has 1 N–H and O–H groups in total. The van der Waals surface area contributed by atoms with Crippen molar-refractivity contribution in [3.63, 3.8) is 0 Å². The van der Waals surface area contributed by atoms with Crippen molar-refractivity contribution in [2.24, 2.45) is 0 Å². The predicted octanol–water partition coefficient (Wildman–Crippen LogP) is 0.777. The third-order valence-corrected chi connectivity index (χ3v) is 2.48. The molecule has 0 aliphatic rings. The van der Waals surface area contributed by atoms with Gasteiger partial charge in [0.05, 0.1) is 7.11 Å². The van der Waals surface area contributed by atoms with Crippen LogP contribution in [0.15, 0.2) is 18.3 Å². The first-order chi connectivity index (χ1) is 7.97. The van der Waals surface area contributed by atoms with Crippen molar-refractivity contribution >= 4 is 17.6 Å². The number of esters is 1. The van der Waals surface area contributed by atoms with Gasteiger partial charge in [0.2, 0.25) is 0 Å². The van der Waals surface area contributed by atoms with Crippen LogP contribution in [0.3, 0.4) is 0 Å². The summed E-state index contributed by atoms with van der Waals surface area (Å²) in [5.41, 5.74) is 0.740. The molecular weight excluding hydrogens is 224 g/mol. The van der Waals surface area contributed by atoms with Crippen molar-refractivity contribution in [1.82, 2.24) is 4.98 Å². The molecule has 1 unspecified atom stereocenters. The van der Waals surface area contributed by atoms with Crippen molar-refractivity contribution in [2.75, 3.05) is 19.1 Å². The minimum Gasteiger partial charge on any atom is -0.480 e. The maximum atomic E-state index is 11.3. The summed E-state index contributed by atoms with van der Waals surface area (Å²) in [6.45, 7) is 1.56. The standard InChI is InChI=1S/C11H14N2O4/c1-7(10(14)15)13(2)8-4-5-12-9(6-8)11(16)17-3/h4-7H,1-3H3,(H,14,15). The van der Waals surface area contributed by atoms with Crippen LogP contribution in [0.1, 0.15) is 17.4 Å². The van der Waals surface area contributed by atoms with Gasteiger partial charge in [-0.3, -0.25) is 0 Å². The molecule has 92 valence electrons. The molecule has 0 fully saturated rings. The normalized spacial score (nSPS) is 11.7. The zero-order chi connectivity index (χ0) is 13.0. The Morgan fingerprint density at radius 3 is 2.71 bits per heavy atom. The van der Waals surface area contributed by atoms with E-state index in [0.29, 0.717) is 5.69 Å². The lowest BCUT2D eigenvalue weighted by Gasteiger charge is -2.23. The Hall–Kier alpha value is -2.11. The number of anilines is 1. The molecule has 0 spiro atoms. The van der Waals surface area contributed by atoms with Gasteiger partial charge in [-0.1, -0.05) is 0 Å². The van der Waals surface area contributed by atoms with Crippen molar-refractivity contribution in [3.05, 3.63) is 24.0 Å². The number of hydrogen-bond acceptors (Lipinski definition) is 5. The average molecular weight is 238 g/mol. The molecule has 0 aliphatic heterocycles. The molecular formula is C11H14N2O4. The van der Waals surface area contributed by atoms with Crippen LogP contribution in [0.2, 0.25) is 0 Å². The molecule has 0 saturated heterocycles. The molecule has 0 amide bonds. The second-order valence-electron chi connectivity index (χ2n) is 3.52. The lowest BCUT2D eigenvalue weighted by Crippen LogP contribution is -2.35. The third kappa shape index (κ3) is 2.93. The number of rotatable bonds is 4. The molecule has 0 aromatic carbocycles. The second kappa shape index (κ2) is 5.29. The molecule has 0 saturated carbocycles. The molecule has 1 heterocycles. The Morgan fingerprint density at radius 2 is 2.18 bits per heavy atom. The summed E-state index contributed by atoms with van der Waals surface area (Å²) in [4.78, 5) is 27.5. The van der Waals surface area contributed by atoms with Crippen LogP contribution in [-0.4, -0.2) is 42.2 Å². The van der Waals surface area contributed by atoms with Gasteiger partial charge in [0.15, 0.2) is 0 Å². The van der Waals surface area contributed by atoms with Crippen molar-refractivity contribution in [3.8, 4) is 0 Å². The maximum absolute atomic E-state index is 11.3. The minimum atomic E-state index is -0.941. The fourth-order valence-electron chi connectivity index (χ4n) is 1.24. The number of aromatic nitrogens is 1. The quantitative estimate of drug-likeness (QED) is 0.781. The lowest BCUT2D eigenvalue weighted by molar-refractivity contribution is -0.138. The van der Waals surface area contributed by atoms with E-state index in [1.807, 2.05) is 0 Å². The molecule has 1 aromatic rings. The third-order valence-electron chi connectivity index (χ3n) is 2.48. The van der Waals surface area contributed by atoms with E-state index in [1.54, 1.807) is 20.0 Å². The summed E-state index contributed by atoms with van der Waals surface area (Å²) < 4.78 is 4.54. The average Bonchev–Trinajstić information content (AvgIpc) is 2.36. The first kappa shape index (κ1) is 13.0. The van der Waals surface area contributed by atoms with E-state index in [0.717, 1.165) is 0 Å². The number of likely N-dealkylation sites (N-methyl/N-ethyl adjacent to an activating group) is 1. The van der Waals surface area contributed by atoms with Crippen LogP contribution >= 0.6 is 0 Å². The number of carboxylic acid groups (broad SMARTS) is 1. The molecule has 6 nitrogen and oxygen atoms in total. The molecule has 1 aromatic heterocycles. The van der Waals surface area contributed by atoms with Crippen LogP contribution in [0.25, 0.3) is 0 Å². The summed E-state index contributed by atoms with van der Waals surface area (Å²) in [6.07, 6.45) is 1.44. The fourth-order valence-corrected chi connectivity index (χ4v) is 1.24. The number of carbonyl (C=O) groups is 2. The number of ether oxygens (including phenoxy) is 1. The number of hydrogen-bond donors (Lipinski definition) is 1. The fraction of sp³-hybridized carbons (Fsp3) is 0.364. The topological polar surface area (TPSA) is 79.7 Å². The number of carbonyl (C=O) groups excluding carboxylic acids is 1. The van der Waals surface area contributed by atoms with Crippen molar-refractivity contribution < 1.29 is 19.4 Å². The Labute approximate surface area is 98.8 Å². The lowest BCUT2D eigenvalue weighted by atomic mass is 10.2. The Kier molecular flexibility index (Phi) is 4.03. The summed E-state index contributed by atoms with van der Waals surface area (Å²) in [7, 11) is 2.90. The van der Waals surface area contributed by atoms with Gasteiger partial charge in [-0.05, 0) is 19.1 Å². The van der Waals surface area contributed by atoms with Gasteiger partial charge in [-0.15, -0.1) is 0 Å². The zero-order valence-electron chi connectivity index (χ0n) is 9.88. The van der Waals surface area contributed by atoms with Gasteiger partial charge in [0.25, 0.3) is 0 Å². The number of aliphatic carboxylic acids is 1. The van der Waals surface area contributed by atoms with E-state index < -0.39 is 18.0 Å². The van der Waals surface area contributed by atoms with Gasteiger partial charge in [0, 0.05) is 18.9 Å². The van der Waals surface area contributed by atoms with Gasteiger partial charge < -0.3 is 14.7 Å². The monoisotopic (exact) mass is 238 g/mol. The molecule has 0 radical (unpaired) electrons. The van der Waals surface area contributed by atoms with E-state index in [4.69, 9.17) is 5.11 Å². The van der Waals surface area contributed by atoms with E-state index in [-0.39, 0.29) is 5.69 Å². The van der Waals surface area contributed by atoms with Gasteiger partial charge >= 0.3 is 11.9 Å². The summed E-state index contributed by atoms with van der Waals surface area (Å²) in [5, 5.41) is 8.89. The van der Waals surface area contributed by atoms with Gasteiger partial charge in [-0.25, -0.2) is 14.6 Å². The van der Waals surface area contributed by atoms with E-state index >= 15 is 0 Å². The van der Waals surface area contributed by atoms with Crippen LogP contribution in [0, 0.1) is 0 Å². The first-order valence-electron chi connectivity index (χ1n) is 4.97. The highest BCUT2D eigenvalue weighted by Gasteiger charge is 2.18. The Balaban J connectivity index is 2.99. The molecule has 6 heteroatoms. The zero-order valence-corrected chi connectivity index (χ0v) is 9.88. The number of methoxy groups -OCH3 is 1. The van der Waals surface area contributed by atoms with E-state index in [2.05, 4.69) is 9.72 Å². The molecule has 17 heavy (non-hydrogen) atoms. The van der Waals surface area contributed by atoms with Crippen LogP contribution in [0.4, 0.5) is 5.69 Å². The second-order valence-corrected chi connectivity index (χ2v) is 3.52. The van der Waals surface area contributed by atoms with E-state index in [1.165, 1.54) is 24.3 Å². The smallest absolute Gasteiger partial charge is 0.356 e. The summed E-state index contributed by atoms with van der Waals surface area (Å²) in [6, 6.07) is 2.43. The van der Waals surface area contributed by atoms with Crippen LogP contribution in [0.5, 0.6) is 0 Å². The van der Waals surface area contributed by atoms with Crippen LogP contribution in [-0.2, 0) is 9.53 Å². The number of pyridine rings is 1. The summed E-state index contributed by atoms with van der Waals surface area (Å²) >= 11 is 0. The Bertz CT molecular complexity index is 433. The molecule has 0 bridgehead atoms. The van der Waals surface area contributed by atoms with Crippen molar-refractivity contribution in [1.29, 1.82) is 0 Å². The van der Waals surface area contributed by atoms with Crippen LogP contribution < -0.4 is 4.90 Å². The first-order valence-corrected chi connectivity index (χ1v) is 4.97. The molecule has 1 rings (SSSR count). The highest BCUT2D eigenvalue weighted by atomic mass is 16.5. The summed E-state index contributed by atoms with van der Waals surface area (Å²) in [5.74, 6) is -1.49. The molecule has 1 atom stereocenters. The molecule has 0 aliphatic carbocycles. The largest absolute Gasteiger partial charge is 0.480 e. The SMILES string of the molecule is COC(=O)c1cc(N(C)C(C)C(=O)O)ccn1.